The van der Waals surface area contributed by atoms with Crippen LogP contribution in [0.2, 0.25) is 0 Å². The first-order valence-electron chi connectivity index (χ1n) is 8.74. The molecule has 1 aliphatic heterocycles. The molecule has 25 heavy (non-hydrogen) atoms. The summed E-state index contributed by atoms with van der Waals surface area (Å²) in [6.07, 6.45) is 5.30. The van der Waals surface area contributed by atoms with Crippen LogP contribution in [-0.4, -0.2) is 28.9 Å². The molecule has 0 atom stereocenters. The largest absolute Gasteiger partial charge is 0.443 e. The molecule has 1 aromatic heterocycles. The van der Waals surface area contributed by atoms with Crippen molar-refractivity contribution < 1.29 is 9.21 Å². The molecule has 0 radical (unpaired) electrons. The van der Waals surface area contributed by atoms with Gasteiger partial charge in [-0.2, -0.15) is 0 Å². The molecule has 2 aromatic carbocycles. The number of nitrogens with zero attached hydrogens (tertiary/aromatic N) is 2. The van der Waals surface area contributed by atoms with Crippen LogP contribution in [-0.2, 0) is 6.54 Å². The summed E-state index contributed by atoms with van der Waals surface area (Å²) in [5.74, 6) is -0.139. The fourth-order valence-electron chi connectivity index (χ4n) is 3.32. The summed E-state index contributed by atoms with van der Waals surface area (Å²) in [6.45, 7) is 3.30. The highest BCUT2D eigenvalue weighted by Crippen LogP contribution is 2.22. The lowest BCUT2D eigenvalue weighted by Gasteiger charge is -2.26. The normalized spacial score (nSPS) is 15.4. The van der Waals surface area contributed by atoms with E-state index in [9.17, 15) is 4.79 Å². The van der Waals surface area contributed by atoms with Gasteiger partial charge in [-0.25, -0.2) is 4.98 Å². The fraction of sp³-hybridized carbons (Fsp3) is 0.300. The average molecular weight is 335 g/mol. The lowest BCUT2D eigenvalue weighted by atomic mass is 10.1. The molecule has 1 aliphatic rings. The zero-order valence-electron chi connectivity index (χ0n) is 14.1. The molecule has 3 aromatic rings. The van der Waals surface area contributed by atoms with Crippen LogP contribution in [0.4, 0.5) is 5.69 Å². The quantitative estimate of drug-likeness (QED) is 0.781. The summed E-state index contributed by atoms with van der Waals surface area (Å²) < 4.78 is 5.27. The standard InChI is InChI=1S/C20H21N3O2/c24-20(22-17-5-4-6-18-19(17)21-14-25-18)16-9-7-15(8-10-16)13-23-11-2-1-3-12-23/h4-10,14H,1-3,11-13H2,(H,22,24). The highest BCUT2D eigenvalue weighted by atomic mass is 16.3. The van der Waals surface area contributed by atoms with E-state index in [1.54, 1.807) is 0 Å². The molecule has 1 N–H and O–H groups in total. The number of piperidine rings is 1. The number of aromatic nitrogens is 1. The van der Waals surface area contributed by atoms with Crippen LogP contribution in [0.25, 0.3) is 11.1 Å². The van der Waals surface area contributed by atoms with E-state index in [-0.39, 0.29) is 5.91 Å². The zero-order chi connectivity index (χ0) is 17.1. The lowest BCUT2D eigenvalue weighted by molar-refractivity contribution is 0.102. The van der Waals surface area contributed by atoms with Gasteiger partial charge < -0.3 is 9.73 Å². The molecule has 4 rings (SSSR count). The molecule has 0 spiro atoms. The Labute approximate surface area is 146 Å². The van der Waals surface area contributed by atoms with Crippen molar-refractivity contribution in [3.05, 3.63) is 60.0 Å². The molecule has 0 unspecified atom stereocenters. The number of rotatable bonds is 4. The maximum Gasteiger partial charge on any atom is 0.255 e. The van der Waals surface area contributed by atoms with E-state index >= 15 is 0 Å². The first-order valence-corrected chi connectivity index (χ1v) is 8.74. The molecular weight excluding hydrogens is 314 g/mol. The van der Waals surface area contributed by atoms with Crippen LogP contribution in [0.5, 0.6) is 0 Å². The van der Waals surface area contributed by atoms with Gasteiger partial charge in [-0.15, -0.1) is 0 Å². The third-order valence-corrected chi connectivity index (χ3v) is 4.68. The van der Waals surface area contributed by atoms with Crippen molar-refractivity contribution in [3.63, 3.8) is 0 Å². The predicted molar refractivity (Wildman–Crippen MR) is 97.5 cm³/mol. The second kappa shape index (κ2) is 7.07. The van der Waals surface area contributed by atoms with Crippen molar-refractivity contribution in [2.24, 2.45) is 0 Å². The molecule has 128 valence electrons. The Bertz CT molecular complexity index is 864. The van der Waals surface area contributed by atoms with E-state index in [0.717, 1.165) is 6.54 Å². The minimum atomic E-state index is -0.139. The first-order chi connectivity index (χ1) is 12.3. The number of para-hydroxylation sites is 1. The van der Waals surface area contributed by atoms with Gasteiger partial charge in [-0.05, 0) is 55.8 Å². The number of nitrogens with one attached hydrogen (secondary N) is 1. The summed E-state index contributed by atoms with van der Waals surface area (Å²) in [6, 6.07) is 13.3. The summed E-state index contributed by atoms with van der Waals surface area (Å²) >= 11 is 0. The molecule has 0 bridgehead atoms. The summed E-state index contributed by atoms with van der Waals surface area (Å²) in [5.41, 5.74) is 3.88. The smallest absolute Gasteiger partial charge is 0.255 e. The topological polar surface area (TPSA) is 58.4 Å². The fourth-order valence-corrected chi connectivity index (χ4v) is 3.32. The lowest BCUT2D eigenvalue weighted by Crippen LogP contribution is -2.29. The number of likely N-dealkylation sites (tertiary alicyclic amines) is 1. The minimum Gasteiger partial charge on any atom is -0.443 e. The van der Waals surface area contributed by atoms with E-state index in [4.69, 9.17) is 4.42 Å². The van der Waals surface area contributed by atoms with Crippen molar-refractivity contribution >= 4 is 22.7 Å². The monoisotopic (exact) mass is 335 g/mol. The van der Waals surface area contributed by atoms with E-state index in [2.05, 4.69) is 15.2 Å². The summed E-state index contributed by atoms with van der Waals surface area (Å²) in [5, 5.41) is 2.92. The van der Waals surface area contributed by atoms with E-state index < -0.39 is 0 Å². The molecular formula is C20H21N3O2. The van der Waals surface area contributed by atoms with Crippen LogP contribution < -0.4 is 5.32 Å². The van der Waals surface area contributed by atoms with Gasteiger partial charge in [0.15, 0.2) is 12.0 Å². The van der Waals surface area contributed by atoms with Gasteiger partial charge in [0.2, 0.25) is 0 Å². The number of carbonyl (C=O) groups is 1. The Balaban J connectivity index is 1.44. The second-order valence-corrected chi connectivity index (χ2v) is 6.49. The second-order valence-electron chi connectivity index (χ2n) is 6.49. The number of amides is 1. The molecule has 1 fully saturated rings. The Morgan fingerprint density at radius 2 is 1.88 bits per heavy atom. The molecule has 5 heteroatoms. The highest BCUT2D eigenvalue weighted by molar-refractivity contribution is 6.07. The van der Waals surface area contributed by atoms with Crippen molar-refractivity contribution in [3.8, 4) is 0 Å². The van der Waals surface area contributed by atoms with Crippen molar-refractivity contribution in [1.29, 1.82) is 0 Å². The summed E-state index contributed by atoms with van der Waals surface area (Å²) in [7, 11) is 0. The van der Waals surface area contributed by atoms with E-state index in [1.807, 2.05) is 42.5 Å². The molecule has 0 saturated carbocycles. The van der Waals surface area contributed by atoms with Crippen LogP contribution >= 0.6 is 0 Å². The molecule has 2 heterocycles. The zero-order valence-corrected chi connectivity index (χ0v) is 14.1. The number of carbonyl (C=O) groups excluding carboxylic acids is 1. The van der Waals surface area contributed by atoms with Gasteiger partial charge in [-0.1, -0.05) is 24.6 Å². The third kappa shape index (κ3) is 3.56. The minimum absolute atomic E-state index is 0.139. The average Bonchev–Trinajstić information content (AvgIpc) is 3.13. The number of oxazole rings is 1. The third-order valence-electron chi connectivity index (χ3n) is 4.68. The molecule has 5 nitrogen and oxygen atoms in total. The van der Waals surface area contributed by atoms with Crippen LogP contribution in [0.1, 0.15) is 35.2 Å². The van der Waals surface area contributed by atoms with E-state index in [0.29, 0.717) is 22.4 Å². The Morgan fingerprint density at radius 3 is 2.68 bits per heavy atom. The van der Waals surface area contributed by atoms with Crippen molar-refractivity contribution in [2.75, 3.05) is 18.4 Å². The van der Waals surface area contributed by atoms with Gasteiger partial charge in [-0.3, -0.25) is 9.69 Å². The van der Waals surface area contributed by atoms with Crippen LogP contribution in [0.3, 0.4) is 0 Å². The SMILES string of the molecule is O=C(Nc1cccc2ocnc12)c1ccc(CN2CCCCC2)cc1. The highest BCUT2D eigenvalue weighted by Gasteiger charge is 2.12. The molecule has 1 amide bonds. The number of benzene rings is 2. The Morgan fingerprint density at radius 1 is 1.08 bits per heavy atom. The molecule has 0 aliphatic carbocycles. The number of hydrogen-bond acceptors (Lipinski definition) is 4. The number of hydrogen-bond donors (Lipinski definition) is 1. The number of fused-ring (bicyclic) bond motifs is 1. The maximum atomic E-state index is 12.5. The number of anilines is 1. The van der Waals surface area contributed by atoms with Crippen molar-refractivity contribution in [2.45, 2.75) is 25.8 Å². The van der Waals surface area contributed by atoms with Gasteiger partial charge >= 0.3 is 0 Å². The van der Waals surface area contributed by atoms with Gasteiger partial charge in [0, 0.05) is 12.1 Å². The Kier molecular flexibility index (Phi) is 4.48. The predicted octanol–water partition coefficient (Wildman–Crippen LogP) is 4.07. The van der Waals surface area contributed by atoms with Gasteiger partial charge in [0.25, 0.3) is 5.91 Å². The van der Waals surface area contributed by atoms with Crippen LogP contribution in [0.15, 0.2) is 53.3 Å². The van der Waals surface area contributed by atoms with E-state index in [1.165, 1.54) is 44.3 Å². The van der Waals surface area contributed by atoms with Gasteiger partial charge in [0.05, 0.1) is 5.69 Å². The Hall–Kier alpha value is -2.66. The van der Waals surface area contributed by atoms with Crippen molar-refractivity contribution in [1.82, 2.24) is 9.88 Å². The maximum absolute atomic E-state index is 12.5. The molecule has 1 saturated heterocycles. The first kappa shape index (κ1) is 15.8. The van der Waals surface area contributed by atoms with Gasteiger partial charge in [0.1, 0.15) is 5.52 Å². The van der Waals surface area contributed by atoms with Crippen LogP contribution in [0, 0.1) is 0 Å². The summed E-state index contributed by atoms with van der Waals surface area (Å²) in [4.78, 5) is 19.1.